The Labute approximate surface area is 178 Å². The first-order valence-corrected chi connectivity index (χ1v) is 9.98. The van der Waals surface area contributed by atoms with Crippen molar-refractivity contribution in [1.29, 1.82) is 0 Å². The molecule has 0 aliphatic carbocycles. The van der Waals surface area contributed by atoms with Gasteiger partial charge in [0.15, 0.2) is 0 Å². The lowest BCUT2D eigenvalue weighted by Gasteiger charge is -2.19. The Morgan fingerprint density at radius 3 is 2.79 bits per heavy atom. The number of hydrogen-bond acceptors (Lipinski definition) is 4. The highest BCUT2D eigenvalue weighted by molar-refractivity contribution is 5.85. The standard InChI is InChI=1S/C23H28N2O3.ClH/c1-15-11-16(2)17(3)22(12-15)28-14-18(26)13-25-20-8-5-4-7-19(20)24-23(25)21-9-6-10-27-21;/h4-5,7-8,11-12,18,21,26H,6,9-10,13-14H2,1-3H3;1H. The van der Waals surface area contributed by atoms with Crippen molar-refractivity contribution in [2.45, 2.75) is 52.4 Å². The molecule has 5 nitrogen and oxygen atoms in total. The molecule has 2 atom stereocenters. The van der Waals surface area contributed by atoms with Gasteiger partial charge in [0.2, 0.25) is 0 Å². The molecular formula is C23H29ClN2O3. The lowest BCUT2D eigenvalue weighted by Crippen LogP contribution is -2.25. The van der Waals surface area contributed by atoms with Crippen LogP contribution >= 0.6 is 12.4 Å². The van der Waals surface area contributed by atoms with Gasteiger partial charge in [0.05, 0.1) is 17.6 Å². The van der Waals surface area contributed by atoms with Crippen LogP contribution in [0.4, 0.5) is 0 Å². The molecule has 1 aromatic heterocycles. The van der Waals surface area contributed by atoms with Gasteiger partial charge in [-0.15, -0.1) is 12.4 Å². The molecule has 156 valence electrons. The third-order valence-electron chi connectivity index (χ3n) is 5.49. The highest BCUT2D eigenvalue weighted by Gasteiger charge is 2.25. The second-order valence-electron chi connectivity index (χ2n) is 7.74. The molecule has 0 amide bonds. The first-order valence-electron chi connectivity index (χ1n) is 9.98. The number of aromatic nitrogens is 2. The van der Waals surface area contributed by atoms with Crippen LogP contribution in [-0.2, 0) is 11.3 Å². The van der Waals surface area contributed by atoms with Crippen LogP contribution in [0.15, 0.2) is 36.4 Å². The lowest BCUT2D eigenvalue weighted by atomic mass is 10.1. The van der Waals surface area contributed by atoms with Crippen molar-refractivity contribution >= 4 is 23.4 Å². The highest BCUT2D eigenvalue weighted by Crippen LogP contribution is 2.31. The van der Waals surface area contributed by atoms with Crippen molar-refractivity contribution in [3.8, 4) is 5.75 Å². The van der Waals surface area contributed by atoms with E-state index in [1.807, 2.05) is 30.3 Å². The number of benzene rings is 2. The third-order valence-corrected chi connectivity index (χ3v) is 5.49. The quantitative estimate of drug-likeness (QED) is 0.634. The first-order chi connectivity index (χ1) is 13.5. The zero-order valence-electron chi connectivity index (χ0n) is 17.2. The van der Waals surface area contributed by atoms with Crippen LogP contribution in [0.3, 0.4) is 0 Å². The summed E-state index contributed by atoms with van der Waals surface area (Å²) in [5.74, 6) is 1.74. The summed E-state index contributed by atoms with van der Waals surface area (Å²) in [6.45, 7) is 7.63. The van der Waals surface area contributed by atoms with Crippen molar-refractivity contribution < 1.29 is 14.6 Å². The van der Waals surface area contributed by atoms with Crippen LogP contribution in [0.2, 0.25) is 0 Å². The molecule has 3 aromatic rings. The Morgan fingerprint density at radius 1 is 1.24 bits per heavy atom. The molecule has 1 saturated heterocycles. The minimum atomic E-state index is -0.641. The van der Waals surface area contributed by atoms with Gasteiger partial charge in [-0.05, 0) is 68.5 Å². The topological polar surface area (TPSA) is 56.5 Å². The highest BCUT2D eigenvalue weighted by atomic mass is 35.5. The second-order valence-corrected chi connectivity index (χ2v) is 7.74. The zero-order valence-corrected chi connectivity index (χ0v) is 18.0. The molecule has 0 radical (unpaired) electrons. The summed E-state index contributed by atoms with van der Waals surface area (Å²) >= 11 is 0. The maximum absolute atomic E-state index is 10.7. The van der Waals surface area contributed by atoms with Crippen LogP contribution in [0.1, 0.15) is 41.5 Å². The number of halogens is 1. The molecule has 0 saturated carbocycles. The third kappa shape index (κ3) is 4.58. The normalized spacial score (nSPS) is 17.3. The number of imidazole rings is 1. The molecule has 2 aromatic carbocycles. The van der Waals surface area contributed by atoms with Crippen molar-refractivity contribution in [2.24, 2.45) is 0 Å². The fourth-order valence-corrected chi connectivity index (χ4v) is 3.91. The number of aliphatic hydroxyl groups excluding tert-OH is 1. The molecule has 1 fully saturated rings. The molecule has 2 unspecified atom stereocenters. The van der Waals surface area contributed by atoms with Gasteiger partial charge in [0, 0.05) is 6.61 Å². The van der Waals surface area contributed by atoms with Crippen molar-refractivity contribution in [3.05, 3.63) is 58.9 Å². The number of ether oxygens (including phenoxy) is 2. The average Bonchev–Trinajstić information content (AvgIpc) is 3.32. The van der Waals surface area contributed by atoms with Gasteiger partial charge in [-0.25, -0.2) is 4.98 Å². The monoisotopic (exact) mass is 416 g/mol. The van der Waals surface area contributed by atoms with Gasteiger partial charge >= 0.3 is 0 Å². The smallest absolute Gasteiger partial charge is 0.139 e. The summed E-state index contributed by atoms with van der Waals surface area (Å²) in [4.78, 5) is 4.79. The lowest BCUT2D eigenvalue weighted by molar-refractivity contribution is 0.0803. The van der Waals surface area contributed by atoms with Gasteiger partial charge in [-0.3, -0.25) is 0 Å². The Morgan fingerprint density at radius 2 is 2.03 bits per heavy atom. The Bertz CT molecular complexity index is 980. The van der Waals surface area contributed by atoms with Gasteiger partial charge in [0.1, 0.15) is 30.4 Å². The second kappa shape index (κ2) is 9.16. The Balaban J connectivity index is 0.00000240. The van der Waals surface area contributed by atoms with Crippen LogP contribution in [0, 0.1) is 20.8 Å². The fourth-order valence-electron chi connectivity index (χ4n) is 3.91. The molecule has 0 bridgehead atoms. The Kier molecular flexibility index (Phi) is 6.83. The summed E-state index contributed by atoms with van der Waals surface area (Å²) in [7, 11) is 0. The summed E-state index contributed by atoms with van der Waals surface area (Å²) < 4.78 is 13.9. The van der Waals surface area contributed by atoms with E-state index < -0.39 is 6.10 Å². The number of nitrogens with zero attached hydrogens (tertiary/aromatic N) is 2. The number of aliphatic hydroxyl groups is 1. The fraction of sp³-hybridized carbons (Fsp3) is 0.435. The minimum absolute atomic E-state index is 0. The molecule has 1 aliphatic heterocycles. The number of aryl methyl sites for hydroxylation is 2. The summed E-state index contributed by atoms with van der Waals surface area (Å²) in [6, 6.07) is 12.2. The van der Waals surface area contributed by atoms with Crippen LogP contribution in [0.25, 0.3) is 11.0 Å². The van der Waals surface area contributed by atoms with E-state index in [1.165, 1.54) is 5.56 Å². The summed E-state index contributed by atoms with van der Waals surface area (Å²) in [5.41, 5.74) is 5.44. The van der Waals surface area contributed by atoms with E-state index in [9.17, 15) is 5.11 Å². The van der Waals surface area contributed by atoms with Crippen molar-refractivity contribution in [1.82, 2.24) is 9.55 Å². The molecule has 1 N–H and O–H groups in total. The van der Waals surface area contributed by atoms with Gasteiger partial charge in [0.25, 0.3) is 0 Å². The largest absolute Gasteiger partial charge is 0.491 e. The Hall–Kier alpha value is -2.08. The van der Waals surface area contributed by atoms with Crippen molar-refractivity contribution in [2.75, 3.05) is 13.2 Å². The molecule has 2 heterocycles. The summed E-state index contributed by atoms with van der Waals surface area (Å²) in [6.07, 6.45) is 1.38. The number of hydrogen-bond donors (Lipinski definition) is 1. The van der Waals surface area contributed by atoms with Crippen LogP contribution < -0.4 is 4.74 Å². The van der Waals surface area contributed by atoms with Gasteiger partial charge < -0.3 is 19.1 Å². The van der Waals surface area contributed by atoms with Gasteiger partial charge in [-0.1, -0.05) is 18.2 Å². The predicted octanol–water partition coefficient (Wildman–Crippen LogP) is 4.67. The average molecular weight is 417 g/mol. The molecule has 0 spiro atoms. The van der Waals surface area contributed by atoms with Crippen LogP contribution in [0.5, 0.6) is 5.75 Å². The molecule has 1 aliphatic rings. The predicted molar refractivity (Wildman–Crippen MR) is 117 cm³/mol. The minimum Gasteiger partial charge on any atom is -0.491 e. The molecule has 29 heavy (non-hydrogen) atoms. The number of para-hydroxylation sites is 2. The van der Waals surface area contributed by atoms with Gasteiger partial charge in [-0.2, -0.15) is 0 Å². The van der Waals surface area contributed by atoms with Crippen LogP contribution in [-0.4, -0.2) is 34.0 Å². The van der Waals surface area contributed by atoms with E-state index in [1.54, 1.807) is 0 Å². The maximum atomic E-state index is 10.7. The van der Waals surface area contributed by atoms with E-state index in [0.717, 1.165) is 53.2 Å². The zero-order chi connectivity index (χ0) is 19.7. The first kappa shape index (κ1) is 21.6. The van der Waals surface area contributed by atoms with E-state index in [2.05, 4.69) is 31.4 Å². The SMILES string of the molecule is Cc1cc(C)c(C)c(OCC(O)Cn2c(C3CCCO3)nc3ccccc32)c1.Cl. The van der Waals surface area contributed by atoms with E-state index >= 15 is 0 Å². The summed E-state index contributed by atoms with van der Waals surface area (Å²) in [5, 5.41) is 10.7. The molecular weight excluding hydrogens is 388 g/mol. The van der Waals surface area contributed by atoms with Crippen molar-refractivity contribution in [3.63, 3.8) is 0 Å². The van der Waals surface area contributed by atoms with E-state index in [-0.39, 0.29) is 25.1 Å². The molecule has 6 heteroatoms. The number of fused-ring (bicyclic) bond motifs is 1. The van der Waals surface area contributed by atoms with E-state index in [4.69, 9.17) is 14.5 Å². The molecule has 4 rings (SSSR count). The maximum Gasteiger partial charge on any atom is 0.139 e. The number of rotatable bonds is 6. The van der Waals surface area contributed by atoms with E-state index in [0.29, 0.717) is 6.54 Å².